The lowest BCUT2D eigenvalue weighted by atomic mass is 10.4. The molecule has 0 atom stereocenters. The number of hydrogen-bond donors (Lipinski definition) is 1. The zero-order valence-corrected chi connectivity index (χ0v) is 13.1. The number of rotatable bonds is 3. The van der Waals surface area contributed by atoms with Crippen LogP contribution in [0.1, 0.15) is 27.7 Å². The Morgan fingerprint density at radius 2 is 1.68 bits per heavy atom. The molecule has 4 amide bonds. The van der Waals surface area contributed by atoms with Crippen LogP contribution >= 0.6 is 0 Å². The largest absolute Gasteiger partial charge is 0.446 e. The maximum atomic E-state index is 12.0. The van der Waals surface area contributed by atoms with Crippen LogP contribution in [0, 0.1) is 0 Å². The molecular formula is C13H19N3O6. The van der Waals surface area contributed by atoms with Gasteiger partial charge in [-0.1, -0.05) is 0 Å². The predicted molar refractivity (Wildman–Crippen MR) is 74.1 cm³/mol. The Morgan fingerprint density at radius 3 is 2.09 bits per heavy atom. The topological polar surface area (TPSA) is 105 Å². The first kappa shape index (κ1) is 17.5. The molecule has 1 aliphatic rings. The summed E-state index contributed by atoms with van der Waals surface area (Å²) in [5.41, 5.74) is 1.78. The van der Waals surface area contributed by atoms with E-state index in [2.05, 4.69) is 5.43 Å². The van der Waals surface area contributed by atoms with Crippen LogP contribution in [0.25, 0.3) is 0 Å². The lowest BCUT2D eigenvalue weighted by Gasteiger charge is -2.24. The number of ether oxygens (including phenoxy) is 2. The number of carbonyl (C=O) groups excluding carboxylic acids is 4. The van der Waals surface area contributed by atoms with E-state index in [1.54, 1.807) is 27.7 Å². The maximum Gasteiger partial charge on any atom is 0.434 e. The minimum atomic E-state index is -1.00. The molecule has 0 saturated heterocycles. The highest BCUT2D eigenvalue weighted by Gasteiger charge is 2.36. The Kier molecular flexibility index (Phi) is 5.50. The highest BCUT2D eigenvalue weighted by Crippen LogP contribution is 2.15. The SMILES string of the molecule is CC(C)OC(=O)NN(C(=O)OC(C)C)C1=CC(=O)N(C)C1=O. The molecule has 1 heterocycles. The van der Waals surface area contributed by atoms with Gasteiger partial charge in [0.1, 0.15) is 5.70 Å². The van der Waals surface area contributed by atoms with Crippen molar-refractivity contribution in [1.82, 2.24) is 15.3 Å². The molecule has 122 valence electrons. The van der Waals surface area contributed by atoms with Crippen molar-refractivity contribution in [3.63, 3.8) is 0 Å². The summed E-state index contributed by atoms with van der Waals surface area (Å²) in [6, 6.07) is 0. The lowest BCUT2D eigenvalue weighted by molar-refractivity contribution is -0.136. The second kappa shape index (κ2) is 6.92. The Bertz CT molecular complexity index is 526. The predicted octanol–water partition coefficient (Wildman–Crippen LogP) is 0.765. The smallest absolute Gasteiger partial charge is 0.434 e. The summed E-state index contributed by atoms with van der Waals surface area (Å²) < 4.78 is 9.79. The molecule has 0 aromatic rings. The fourth-order valence-corrected chi connectivity index (χ4v) is 1.50. The van der Waals surface area contributed by atoms with Crippen LogP contribution in [0.5, 0.6) is 0 Å². The fourth-order valence-electron chi connectivity index (χ4n) is 1.50. The van der Waals surface area contributed by atoms with Crippen LogP contribution in [0.4, 0.5) is 9.59 Å². The number of hydrazine groups is 1. The third kappa shape index (κ3) is 4.21. The molecule has 1 aliphatic heterocycles. The third-order valence-electron chi connectivity index (χ3n) is 2.42. The zero-order valence-electron chi connectivity index (χ0n) is 13.1. The van der Waals surface area contributed by atoms with Gasteiger partial charge in [-0.05, 0) is 27.7 Å². The summed E-state index contributed by atoms with van der Waals surface area (Å²) in [5.74, 6) is -1.35. The molecule has 0 radical (unpaired) electrons. The molecule has 1 rings (SSSR count). The Labute approximate surface area is 127 Å². The van der Waals surface area contributed by atoms with E-state index < -0.39 is 36.2 Å². The molecule has 0 fully saturated rings. The van der Waals surface area contributed by atoms with Crippen LogP contribution in [-0.2, 0) is 19.1 Å². The van der Waals surface area contributed by atoms with Crippen molar-refractivity contribution >= 4 is 24.0 Å². The van der Waals surface area contributed by atoms with E-state index in [1.165, 1.54) is 7.05 Å². The van der Waals surface area contributed by atoms with Gasteiger partial charge in [0.05, 0.1) is 12.2 Å². The van der Waals surface area contributed by atoms with Gasteiger partial charge >= 0.3 is 12.2 Å². The Hall–Kier alpha value is -2.58. The van der Waals surface area contributed by atoms with Gasteiger partial charge in [-0.2, -0.15) is 5.01 Å². The van der Waals surface area contributed by atoms with E-state index in [0.717, 1.165) is 11.0 Å². The minimum Gasteiger partial charge on any atom is -0.446 e. The number of likely N-dealkylation sites (N-methyl/N-ethyl adjacent to an activating group) is 1. The standard InChI is InChI=1S/C13H19N3O6/c1-7(2)21-12(19)14-16(13(20)22-8(3)4)9-6-10(17)15(5)11(9)18/h6-8H,1-5H3,(H,14,19). The zero-order chi connectivity index (χ0) is 17.0. The highest BCUT2D eigenvalue weighted by molar-refractivity contribution is 6.16. The Balaban J connectivity index is 2.99. The summed E-state index contributed by atoms with van der Waals surface area (Å²) in [6.45, 7) is 6.44. The second-order valence-corrected chi connectivity index (χ2v) is 5.07. The van der Waals surface area contributed by atoms with Gasteiger partial charge in [0.15, 0.2) is 0 Å². The minimum absolute atomic E-state index is 0.321. The molecule has 9 nitrogen and oxygen atoms in total. The van der Waals surface area contributed by atoms with Crippen LogP contribution in [-0.4, -0.2) is 53.2 Å². The van der Waals surface area contributed by atoms with Crippen LogP contribution in [0.3, 0.4) is 0 Å². The van der Waals surface area contributed by atoms with Crippen LogP contribution in [0.15, 0.2) is 11.8 Å². The Morgan fingerprint density at radius 1 is 1.14 bits per heavy atom. The summed E-state index contributed by atoms with van der Waals surface area (Å²) >= 11 is 0. The monoisotopic (exact) mass is 313 g/mol. The molecular weight excluding hydrogens is 294 g/mol. The van der Waals surface area contributed by atoms with Gasteiger partial charge in [-0.15, -0.1) is 0 Å². The van der Waals surface area contributed by atoms with Crippen molar-refractivity contribution in [2.24, 2.45) is 0 Å². The number of hydrogen-bond acceptors (Lipinski definition) is 6. The first-order chi connectivity index (χ1) is 10.1. The van der Waals surface area contributed by atoms with Gasteiger partial charge in [-0.3, -0.25) is 14.5 Å². The maximum absolute atomic E-state index is 12.0. The molecule has 1 N–H and O–H groups in total. The summed E-state index contributed by atoms with van der Waals surface area (Å²) in [4.78, 5) is 48.0. The van der Waals surface area contributed by atoms with Gasteiger partial charge in [0, 0.05) is 13.1 Å². The third-order valence-corrected chi connectivity index (χ3v) is 2.42. The van der Waals surface area contributed by atoms with Crippen molar-refractivity contribution in [1.29, 1.82) is 0 Å². The van der Waals surface area contributed by atoms with Crippen molar-refractivity contribution in [2.75, 3.05) is 7.05 Å². The lowest BCUT2D eigenvalue weighted by Crippen LogP contribution is -2.49. The van der Waals surface area contributed by atoms with E-state index in [-0.39, 0.29) is 5.70 Å². The summed E-state index contributed by atoms with van der Waals surface area (Å²) in [6.07, 6.45) is -1.94. The number of nitrogens with one attached hydrogen (secondary N) is 1. The van der Waals surface area contributed by atoms with E-state index in [1.807, 2.05) is 0 Å². The van der Waals surface area contributed by atoms with E-state index in [0.29, 0.717) is 5.01 Å². The summed E-state index contributed by atoms with van der Waals surface area (Å²) in [5, 5.41) is 0.564. The van der Waals surface area contributed by atoms with Crippen molar-refractivity contribution < 1.29 is 28.7 Å². The average molecular weight is 313 g/mol. The molecule has 0 saturated carbocycles. The number of amides is 4. The number of imide groups is 1. The molecule has 0 spiro atoms. The van der Waals surface area contributed by atoms with Crippen molar-refractivity contribution in [2.45, 2.75) is 39.9 Å². The van der Waals surface area contributed by atoms with E-state index >= 15 is 0 Å². The molecule has 0 bridgehead atoms. The van der Waals surface area contributed by atoms with Crippen LogP contribution < -0.4 is 5.43 Å². The fraction of sp³-hybridized carbons (Fsp3) is 0.538. The summed E-state index contributed by atoms with van der Waals surface area (Å²) in [7, 11) is 1.26. The normalized spacial score (nSPS) is 14.3. The van der Waals surface area contributed by atoms with E-state index in [4.69, 9.17) is 9.47 Å². The second-order valence-electron chi connectivity index (χ2n) is 5.07. The van der Waals surface area contributed by atoms with Gasteiger partial charge in [0.2, 0.25) is 0 Å². The quantitative estimate of drug-likeness (QED) is 0.609. The van der Waals surface area contributed by atoms with Gasteiger partial charge in [-0.25, -0.2) is 15.0 Å². The van der Waals surface area contributed by atoms with E-state index in [9.17, 15) is 19.2 Å². The van der Waals surface area contributed by atoms with Gasteiger partial charge in [0.25, 0.3) is 11.8 Å². The average Bonchev–Trinajstić information content (AvgIpc) is 2.62. The number of nitrogens with zero attached hydrogens (tertiary/aromatic N) is 2. The van der Waals surface area contributed by atoms with Gasteiger partial charge < -0.3 is 9.47 Å². The highest BCUT2D eigenvalue weighted by atomic mass is 16.6. The van der Waals surface area contributed by atoms with Crippen LogP contribution in [0.2, 0.25) is 0 Å². The molecule has 0 unspecified atom stereocenters. The van der Waals surface area contributed by atoms with Crippen molar-refractivity contribution in [3.8, 4) is 0 Å². The first-order valence-corrected chi connectivity index (χ1v) is 6.65. The molecule has 22 heavy (non-hydrogen) atoms. The van der Waals surface area contributed by atoms with Crippen molar-refractivity contribution in [3.05, 3.63) is 11.8 Å². The molecule has 0 aromatic carbocycles. The molecule has 0 aliphatic carbocycles. The number of carbonyl (C=O) groups is 4. The first-order valence-electron chi connectivity index (χ1n) is 6.65. The molecule has 0 aromatic heterocycles. The molecule has 9 heteroatoms.